The molecule has 0 spiro atoms. The molecule has 0 aliphatic heterocycles. The van der Waals surface area contributed by atoms with Crippen molar-refractivity contribution in [2.45, 2.75) is 13.3 Å². The minimum Gasteiger partial charge on any atom is -0.464 e. The van der Waals surface area contributed by atoms with Crippen LogP contribution in [0.4, 0.5) is 0 Å². The molecule has 6 heteroatoms. The largest absolute Gasteiger partial charge is 0.464 e. The zero-order valence-corrected chi connectivity index (χ0v) is 12.8. The molecule has 0 bridgehead atoms. The van der Waals surface area contributed by atoms with Crippen molar-refractivity contribution in [3.63, 3.8) is 0 Å². The Morgan fingerprint density at radius 2 is 2.28 bits per heavy atom. The molecule has 0 atom stereocenters. The number of esters is 1. The maximum Gasteiger partial charge on any atom is 0.332 e. The van der Waals surface area contributed by atoms with Gasteiger partial charge in [0.15, 0.2) is 0 Å². The summed E-state index contributed by atoms with van der Waals surface area (Å²) >= 11 is 5.19. The maximum absolute atomic E-state index is 10.9. The van der Waals surface area contributed by atoms with E-state index >= 15 is 0 Å². The van der Waals surface area contributed by atoms with E-state index < -0.39 is 0 Å². The van der Waals surface area contributed by atoms with Crippen molar-refractivity contribution in [2.75, 3.05) is 32.9 Å². The number of thiophene rings is 1. The van der Waals surface area contributed by atoms with Gasteiger partial charge in [-0.1, -0.05) is 0 Å². The van der Waals surface area contributed by atoms with Gasteiger partial charge in [0, 0.05) is 18.0 Å². The van der Waals surface area contributed by atoms with Gasteiger partial charge >= 0.3 is 5.97 Å². The van der Waals surface area contributed by atoms with Gasteiger partial charge in [0.1, 0.15) is 6.61 Å². The lowest BCUT2D eigenvalue weighted by Crippen LogP contribution is -2.23. The number of halogens is 1. The van der Waals surface area contributed by atoms with Crippen LogP contribution in [-0.4, -0.2) is 38.9 Å². The van der Waals surface area contributed by atoms with Gasteiger partial charge in [-0.2, -0.15) is 0 Å². The van der Waals surface area contributed by atoms with E-state index in [2.05, 4.69) is 33.4 Å². The van der Waals surface area contributed by atoms with E-state index in [1.54, 1.807) is 18.3 Å². The van der Waals surface area contributed by atoms with E-state index in [0.717, 1.165) is 23.3 Å². The van der Waals surface area contributed by atoms with Crippen LogP contribution in [-0.2, 0) is 20.7 Å². The minimum absolute atomic E-state index is 0.0351. The minimum atomic E-state index is -0.305. The van der Waals surface area contributed by atoms with Crippen molar-refractivity contribution >= 4 is 33.2 Å². The fraction of sp³-hybridized carbons (Fsp3) is 0.583. The normalized spacial score (nSPS) is 10.6. The van der Waals surface area contributed by atoms with Gasteiger partial charge in [-0.15, -0.1) is 11.3 Å². The molecule has 0 saturated carbocycles. The highest BCUT2D eigenvalue weighted by molar-refractivity contribution is 9.11. The summed E-state index contributed by atoms with van der Waals surface area (Å²) in [5.74, 6) is -0.305. The summed E-state index contributed by atoms with van der Waals surface area (Å²) in [7, 11) is 0. The van der Waals surface area contributed by atoms with Gasteiger partial charge in [0.25, 0.3) is 0 Å². The number of rotatable bonds is 9. The predicted octanol–water partition coefficient (Wildman–Crippen LogP) is 2.22. The van der Waals surface area contributed by atoms with Crippen molar-refractivity contribution in [1.82, 2.24) is 5.32 Å². The molecule has 1 aromatic heterocycles. The lowest BCUT2D eigenvalue weighted by atomic mass is 10.3. The number of ether oxygens (including phenoxy) is 2. The molecule has 1 aromatic rings. The van der Waals surface area contributed by atoms with Crippen molar-refractivity contribution in [3.8, 4) is 0 Å². The van der Waals surface area contributed by atoms with Crippen LogP contribution < -0.4 is 5.32 Å². The second-order valence-corrected chi connectivity index (χ2v) is 6.11. The number of hydrogen-bond acceptors (Lipinski definition) is 5. The van der Waals surface area contributed by atoms with Gasteiger partial charge < -0.3 is 14.8 Å². The highest BCUT2D eigenvalue weighted by Gasteiger charge is 2.00. The molecule has 18 heavy (non-hydrogen) atoms. The quantitative estimate of drug-likeness (QED) is 0.555. The zero-order valence-electron chi connectivity index (χ0n) is 10.4. The molecular formula is C12H18BrNO3S. The van der Waals surface area contributed by atoms with Crippen molar-refractivity contribution in [1.29, 1.82) is 0 Å². The van der Waals surface area contributed by atoms with Gasteiger partial charge in [-0.25, -0.2) is 4.79 Å². The van der Waals surface area contributed by atoms with E-state index in [0.29, 0.717) is 13.2 Å². The summed E-state index contributed by atoms with van der Waals surface area (Å²) in [6.07, 6.45) is 1.01. The molecule has 0 saturated heterocycles. The first-order valence-corrected chi connectivity index (χ1v) is 7.51. The Morgan fingerprint density at radius 3 is 2.94 bits per heavy atom. The summed E-state index contributed by atoms with van der Waals surface area (Å²) < 4.78 is 11.1. The molecule has 0 radical (unpaired) electrons. The van der Waals surface area contributed by atoms with Gasteiger partial charge in [-0.3, -0.25) is 0 Å². The summed E-state index contributed by atoms with van der Waals surface area (Å²) in [6.45, 7) is 4.39. The first-order valence-electron chi connectivity index (χ1n) is 5.90. The molecule has 102 valence electrons. The predicted molar refractivity (Wildman–Crippen MR) is 76.0 cm³/mol. The molecule has 0 aliphatic rings. The average Bonchev–Trinajstić information content (AvgIpc) is 2.74. The summed E-state index contributed by atoms with van der Waals surface area (Å²) in [5.41, 5.74) is 0. The van der Waals surface area contributed by atoms with Crippen LogP contribution >= 0.6 is 27.3 Å². The topological polar surface area (TPSA) is 47.6 Å². The second-order valence-electron chi connectivity index (χ2n) is 3.56. The molecule has 0 fully saturated rings. The van der Waals surface area contributed by atoms with E-state index in [1.807, 2.05) is 0 Å². The lowest BCUT2D eigenvalue weighted by molar-refractivity contribution is -0.148. The van der Waals surface area contributed by atoms with Crippen LogP contribution in [0.1, 0.15) is 11.8 Å². The van der Waals surface area contributed by atoms with Crippen LogP contribution in [0, 0.1) is 0 Å². The standard InChI is InChI=1S/C12H18BrNO3S/c1-2-17-12(15)9-16-8-7-14-6-5-10-3-4-11(13)18-10/h3-4,14H,2,5-9H2,1H3. The third-order valence-corrected chi connectivity index (χ3v) is 3.81. The Kier molecular flexibility index (Phi) is 8.24. The SMILES string of the molecule is CCOC(=O)COCCNCCc1ccc(Br)s1. The fourth-order valence-electron chi connectivity index (χ4n) is 1.33. The van der Waals surface area contributed by atoms with Crippen LogP contribution in [0.2, 0.25) is 0 Å². The Hall–Kier alpha value is -0.430. The molecule has 0 unspecified atom stereocenters. The third kappa shape index (κ3) is 7.10. The maximum atomic E-state index is 10.9. The number of nitrogens with one attached hydrogen (secondary N) is 1. The lowest BCUT2D eigenvalue weighted by Gasteiger charge is -2.05. The van der Waals surface area contributed by atoms with Crippen LogP contribution in [0.15, 0.2) is 15.9 Å². The Balaban J connectivity index is 1.91. The molecule has 0 aliphatic carbocycles. The fourth-order valence-corrected chi connectivity index (χ4v) is 2.81. The van der Waals surface area contributed by atoms with Crippen LogP contribution in [0.5, 0.6) is 0 Å². The summed E-state index contributed by atoms with van der Waals surface area (Å²) in [4.78, 5) is 12.3. The van der Waals surface area contributed by atoms with Crippen LogP contribution in [0.3, 0.4) is 0 Å². The summed E-state index contributed by atoms with van der Waals surface area (Å²) in [6, 6.07) is 4.18. The van der Waals surface area contributed by atoms with Gasteiger partial charge in [0.2, 0.25) is 0 Å². The first kappa shape index (κ1) is 15.6. The third-order valence-electron chi connectivity index (χ3n) is 2.13. The van der Waals surface area contributed by atoms with Crippen molar-refractivity contribution < 1.29 is 14.3 Å². The van der Waals surface area contributed by atoms with E-state index in [9.17, 15) is 4.79 Å². The number of carbonyl (C=O) groups excluding carboxylic acids is 1. The Bertz CT molecular complexity index is 357. The highest BCUT2D eigenvalue weighted by atomic mass is 79.9. The number of hydrogen-bond donors (Lipinski definition) is 1. The molecule has 0 aromatic carbocycles. The zero-order chi connectivity index (χ0) is 13.2. The second kappa shape index (κ2) is 9.49. The molecule has 0 amide bonds. The molecule has 4 nitrogen and oxygen atoms in total. The average molecular weight is 336 g/mol. The summed E-state index contributed by atoms with van der Waals surface area (Å²) in [5, 5.41) is 3.26. The molecule has 1 rings (SSSR count). The van der Waals surface area contributed by atoms with E-state index in [-0.39, 0.29) is 12.6 Å². The van der Waals surface area contributed by atoms with E-state index in [4.69, 9.17) is 9.47 Å². The van der Waals surface area contributed by atoms with Crippen LogP contribution in [0.25, 0.3) is 0 Å². The Morgan fingerprint density at radius 1 is 1.44 bits per heavy atom. The highest BCUT2D eigenvalue weighted by Crippen LogP contribution is 2.21. The number of carbonyl (C=O) groups is 1. The van der Waals surface area contributed by atoms with Crippen molar-refractivity contribution in [2.24, 2.45) is 0 Å². The monoisotopic (exact) mass is 335 g/mol. The van der Waals surface area contributed by atoms with E-state index in [1.165, 1.54) is 4.88 Å². The molecular weight excluding hydrogens is 318 g/mol. The van der Waals surface area contributed by atoms with Crippen molar-refractivity contribution in [3.05, 3.63) is 20.8 Å². The van der Waals surface area contributed by atoms with Gasteiger partial charge in [-0.05, 0) is 41.4 Å². The molecule has 1 heterocycles. The smallest absolute Gasteiger partial charge is 0.332 e. The Labute approximate surface area is 120 Å². The first-order chi connectivity index (χ1) is 8.72. The molecule has 1 N–H and O–H groups in total. The van der Waals surface area contributed by atoms with Gasteiger partial charge in [0.05, 0.1) is 17.0 Å².